The maximum absolute atomic E-state index is 11.4. The van der Waals surface area contributed by atoms with E-state index in [1.165, 1.54) is 11.1 Å². The summed E-state index contributed by atoms with van der Waals surface area (Å²) in [7, 11) is 0. The van der Waals surface area contributed by atoms with Crippen molar-refractivity contribution in [2.24, 2.45) is 5.73 Å². The van der Waals surface area contributed by atoms with Gasteiger partial charge in [-0.05, 0) is 36.6 Å². The van der Waals surface area contributed by atoms with Gasteiger partial charge in [0.15, 0.2) is 0 Å². The number of hydrogen-bond acceptors (Lipinski definition) is 2. The van der Waals surface area contributed by atoms with Gasteiger partial charge in [0.2, 0.25) is 5.91 Å². The predicted molar refractivity (Wildman–Crippen MR) is 78.2 cm³/mol. The monoisotopic (exact) mass is 254 g/mol. The van der Waals surface area contributed by atoms with Gasteiger partial charge in [0.25, 0.3) is 0 Å². The Kier molecular flexibility index (Phi) is 3.85. The van der Waals surface area contributed by atoms with Crippen LogP contribution < -0.4 is 11.1 Å². The molecule has 0 aromatic heterocycles. The van der Waals surface area contributed by atoms with E-state index in [1.807, 2.05) is 24.3 Å². The van der Waals surface area contributed by atoms with Crippen LogP contribution in [0.1, 0.15) is 27.0 Å². The van der Waals surface area contributed by atoms with Crippen molar-refractivity contribution in [1.82, 2.24) is 0 Å². The predicted octanol–water partition coefficient (Wildman–Crippen LogP) is 3.01. The van der Waals surface area contributed by atoms with E-state index in [0.29, 0.717) is 12.1 Å². The smallest absolute Gasteiger partial charge is 0.249 e. The first-order chi connectivity index (χ1) is 9.09. The Morgan fingerprint density at radius 3 is 2.32 bits per heavy atom. The van der Waals surface area contributed by atoms with Crippen molar-refractivity contribution in [3.8, 4) is 0 Å². The summed E-state index contributed by atoms with van der Waals surface area (Å²) in [6.45, 7) is 4.72. The van der Waals surface area contributed by atoms with Crippen LogP contribution in [0.25, 0.3) is 0 Å². The molecule has 0 spiro atoms. The van der Waals surface area contributed by atoms with Crippen LogP contribution >= 0.6 is 0 Å². The van der Waals surface area contributed by atoms with E-state index in [0.717, 1.165) is 11.3 Å². The Morgan fingerprint density at radius 1 is 1.05 bits per heavy atom. The van der Waals surface area contributed by atoms with E-state index >= 15 is 0 Å². The van der Waals surface area contributed by atoms with E-state index in [-0.39, 0.29) is 5.91 Å². The minimum Gasteiger partial charge on any atom is -0.381 e. The second kappa shape index (κ2) is 5.57. The van der Waals surface area contributed by atoms with Crippen molar-refractivity contribution in [3.05, 3.63) is 64.7 Å². The minimum absolute atomic E-state index is 0.390. The number of nitrogens with two attached hydrogens (primary N) is 1. The lowest BCUT2D eigenvalue weighted by molar-refractivity contribution is 0.0999. The molecule has 0 radical (unpaired) electrons. The molecule has 0 saturated carbocycles. The van der Waals surface area contributed by atoms with E-state index in [9.17, 15) is 4.79 Å². The Morgan fingerprint density at radius 2 is 1.68 bits per heavy atom. The van der Waals surface area contributed by atoms with Crippen molar-refractivity contribution in [3.63, 3.8) is 0 Å². The average molecular weight is 254 g/mol. The minimum atomic E-state index is -0.390. The molecule has 2 aromatic rings. The molecule has 0 aliphatic heterocycles. The quantitative estimate of drug-likeness (QED) is 0.881. The first-order valence-electron chi connectivity index (χ1n) is 6.27. The number of primary amides is 1. The van der Waals surface area contributed by atoms with E-state index in [1.54, 1.807) is 6.07 Å². The SMILES string of the molecule is Cc1cccc(C)c1NCc1ccccc1C(N)=O. The molecule has 1 amide bonds. The van der Waals surface area contributed by atoms with Crippen molar-refractivity contribution in [1.29, 1.82) is 0 Å². The van der Waals surface area contributed by atoms with Crippen LogP contribution in [0.5, 0.6) is 0 Å². The van der Waals surface area contributed by atoms with Crippen LogP contribution in [0.4, 0.5) is 5.69 Å². The summed E-state index contributed by atoms with van der Waals surface area (Å²) in [6, 6.07) is 13.6. The van der Waals surface area contributed by atoms with Gasteiger partial charge in [-0.25, -0.2) is 0 Å². The van der Waals surface area contributed by atoms with Crippen LogP contribution in [0.15, 0.2) is 42.5 Å². The van der Waals surface area contributed by atoms with Crippen LogP contribution in [-0.2, 0) is 6.54 Å². The van der Waals surface area contributed by atoms with Gasteiger partial charge in [-0.2, -0.15) is 0 Å². The van der Waals surface area contributed by atoms with Crippen molar-refractivity contribution in [2.45, 2.75) is 20.4 Å². The lowest BCUT2D eigenvalue weighted by atomic mass is 10.1. The number of hydrogen-bond donors (Lipinski definition) is 2. The summed E-state index contributed by atoms with van der Waals surface area (Å²) in [5.74, 6) is -0.390. The summed E-state index contributed by atoms with van der Waals surface area (Å²) < 4.78 is 0. The number of carbonyl (C=O) groups is 1. The number of rotatable bonds is 4. The summed E-state index contributed by atoms with van der Waals surface area (Å²) >= 11 is 0. The number of anilines is 1. The molecule has 0 saturated heterocycles. The van der Waals surface area contributed by atoms with E-state index < -0.39 is 0 Å². The molecule has 0 bridgehead atoms. The molecule has 19 heavy (non-hydrogen) atoms. The molecule has 0 heterocycles. The molecule has 98 valence electrons. The molecule has 0 fully saturated rings. The lowest BCUT2D eigenvalue weighted by Gasteiger charge is -2.14. The zero-order valence-electron chi connectivity index (χ0n) is 11.2. The summed E-state index contributed by atoms with van der Waals surface area (Å²) in [5, 5.41) is 3.38. The maximum atomic E-state index is 11.4. The first-order valence-corrected chi connectivity index (χ1v) is 6.27. The highest BCUT2D eigenvalue weighted by atomic mass is 16.1. The molecule has 0 aliphatic rings. The summed E-state index contributed by atoms with van der Waals surface area (Å²) in [6.07, 6.45) is 0. The normalized spacial score (nSPS) is 10.2. The van der Waals surface area contributed by atoms with Crippen LogP contribution in [0.2, 0.25) is 0 Å². The van der Waals surface area contributed by atoms with E-state index in [2.05, 4.69) is 31.3 Å². The van der Waals surface area contributed by atoms with Gasteiger partial charge in [-0.1, -0.05) is 36.4 Å². The Labute approximate surface area is 113 Å². The van der Waals surface area contributed by atoms with Gasteiger partial charge in [0.1, 0.15) is 0 Å². The molecule has 3 nitrogen and oxygen atoms in total. The zero-order chi connectivity index (χ0) is 13.8. The fourth-order valence-corrected chi connectivity index (χ4v) is 2.19. The van der Waals surface area contributed by atoms with Gasteiger partial charge in [0, 0.05) is 17.8 Å². The van der Waals surface area contributed by atoms with Crippen LogP contribution in [-0.4, -0.2) is 5.91 Å². The van der Waals surface area contributed by atoms with Gasteiger partial charge >= 0.3 is 0 Å². The number of benzene rings is 2. The average Bonchev–Trinajstić information content (AvgIpc) is 2.38. The topological polar surface area (TPSA) is 55.1 Å². The van der Waals surface area contributed by atoms with E-state index in [4.69, 9.17) is 5.73 Å². The number of para-hydroxylation sites is 1. The van der Waals surface area contributed by atoms with Crippen LogP contribution in [0.3, 0.4) is 0 Å². The standard InChI is InChI=1S/C16H18N2O/c1-11-6-5-7-12(2)15(11)18-10-13-8-3-4-9-14(13)16(17)19/h3-9,18H,10H2,1-2H3,(H2,17,19). The molecular weight excluding hydrogens is 236 g/mol. The maximum Gasteiger partial charge on any atom is 0.249 e. The largest absolute Gasteiger partial charge is 0.381 e. The second-order valence-electron chi connectivity index (χ2n) is 4.64. The second-order valence-corrected chi connectivity index (χ2v) is 4.64. The Bertz CT molecular complexity index is 585. The molecule has 2 rings (SSSR count). The summed E-state index contributed by atoms with van der Waals surface area (Å²) in [4.78, 5) is 11.4. The molecule has 3 heteroatoms. The van der Waals surface area contributed by atoms with Crippen LogP contribution in [0, 0.1) is 13.8 Å². The van der Waals surface area contributed by atoms with Gasteiger partial charge in [-0.3, -0.25) is 4.79 Å². The van der Waals surface area contributed by atoms with Crippen molar-refractivity contribution >= 4 is 11.6 Å². The highest BCUT2D eigenvalue weighted by Gasteiger charge is 2.08. The molecular formula is C16H18N2O. The lowest BCUT2D eigenvalue weighted by Crippen LogP contribution is -2.15. The molecule has 0 aliphatic carbocycles. The van der Waals surface area contributed by atoms with Gasteiger partial charge in [-0.15, -0.1) is 0 Å². The van der Waals surface area contributed by atoms with Crippen molar-refractivity contribution < 1.29 is 4.79 Å². The first kappa shape index (κ1) is 13.1. The van der Waals surface area contributed by atoms with Crippen molar-refractivity contribution in [2.75, 3.05) is 5.32 Å². The number of nitrogens with one attached hydrogen (secondary N) is 1. The molecule has 0 unspecified atom stereocenters. The Balaban J connectivity index is 2.22. The fraction of sp³-hybridized carbons (Fsp3) is 0.188. The number of carbonyl (C=O) groups excluding carboxylic acids is 1. The highest BCUT2D eigenvalue weighted by Crippen LogP contribution is 2.20. The van der Waals surface area contributed by atoms with Gasteiger partial charge < -0.3 is 11.1 Å². The van der Waals surface area contributed by atoms with Gasteiger partial charge in [0.05, 0.1) is 0 Å². The number of amides is 1. The third kappa shape index (κ3) is 2.94. The third-order valence-electron chi connectivity index (χ3n) is 3.22. The third-order valence-corrected chi connectivity index (χ3v) is 3.22. The molecule has 3 N–H and O–H groups in total. The zero-order valence-corrected chi connectivity index (χ0v) is 11.2. The summed E-state index contributed by atoms with van der Waals surface area (Å²) in [5.41, 5.74) is 10.4. The highest BCUT2D eigenvalue weighted by molar-refractivity contribution is 5.94. The number of aryl methyl sites for hydroxylation is 2. The molecule has 0 atom stereocenters. The fourth-order valence-electron chi connectivity index (χ4n) is 2.19. The molecule has 2 aromatic carbocycles. The Hall–Kier alpha value is -2.29.